The van der Waals surface area contributed by atoms with Gasteiger partial charge in [0.05, 0.1) is 5.25 Å². The molecule has 2 atom stereocenters. The number of carboxylic acids is 1. The standard InChI is InChI=1S/C12H10O5S/c1-5-10(13)6-2-8-9(17-4-16-8)3-7(6)11(18-5)12(14)15/h2-3,5,11H,4H2,1H3,(H,14,15)/t5-,11+/m0/s1. The fraction of sp³-hybridized carbons (Fsp3) is 0.333. The summed E-state index contributed by atoms with van der Waals surface area (Å²) in [5, 5.41) is 8.14. The minimum Gasteiger partial charge on any atom is -0.480 e. The Morgan fingerprint density at radius 3 is 2.72 bits per heavy atom. The van der Waals surface area contributed by atoms with Gasteiger partial charge in [-0.3, -0.25) is 9.59 Å². The van der Waals surface area contributed by atoms with Crippen LogP contribution in [-0.2, 0) is 4.79 Å². The third-order valence-electron chi connectivity index (χ3n) is 3.03. The molecule has 3 rings (SSSR count). The average Bonchev–Trinajstić information content (AvgIpc) is 2.78. The molecule has 0 aromatic heterocycles. The van der Waals surface area contributed by atoms with Gasteiger partial charge in [0.25, 0.3) is 0 Å². The molecule has 0 aliphatic carbocycles. The van der Waals surface area contributed by atoms with Gasteiger partial charge in [-0.05, 0) is 24.6 Å². The number of carbonyl (C=O) groups is 2. The Labute approximate surface area is 107 Å². The molecular formula is C12H10O5S. The third kappa shape index (κ3) is 1.56. The molecule has 2 heterocycles. The van der Waals surface area contributed by atoms with E-state index in [2.05, 4.69) is 0 Å². The van der Waals surface area contributed by atoms with Crippen molar-refractivity contribution >= 4 is 23.5 Å². The molecule has 5 nitrogen and oxygen atoms in total. The molecular weight excluding hydrogens is 256 g/mol. The zero-order valence-electron chi connectivity index (χ0n) is 9.50. The quantitative estimate of drug-likeness (QED) is 0.836. The second kappa shape index (κ2) is 3.91. The normalized spacial score (nSPS) is 24.8. The van der Waals surface area contributed by atoms with Crippen molar-refractivity contribution in [3.8, 4) is 11.5 Å². The van der Waals surface area contributed by atoms with Gasteiger partial charge < -0.3 is 14.6 Å². The lowest BCUT2D eigenvalue weighted by Gasteiger charge is -2.25. The number of fused-ring (bicyclic) bond motifs is 2. The van der Waals surface area contributed by atoms with Crippen LogP contribution in [0.4, 0.5) is 0 Å². The van der Waals surface area contributed by atoms with Gasteiger partial charge in [-0.2, -0.15) is 0 Å². The topological polar surface area (TPSA) is 72.8 Å². The maximum absolute atomic E-state index is 12.1. The maximum atomic E-state index is 12.1. The Balaban J connectivity index is 2.18. The van der Waals surface area contributed by atoms with E-state index in [1.807, 2.05) is 0 Å². The molecule has 1 aromatic carbocycles. The molecule has 0 amide bonds. The van der Waals surface area contributed by atoms with Crippen molar-refractivity contribution in [3.63, 3.8) is 0 Å². The number of ketones is 1. The van der Waals surface area contributed by atoms with Crippen LogP contribution in [0.5, 0.6) is 11.5 Å². The Kier molecular flexibility index (Phi) is 2.48. The van der Waals surface area contributed by atoms with Crippen molar-refractivity contribution in [2.24, 2.45) is 0 Å². The first-order chi connectivity index (χ1) is 8.58. The molecule has 2 aliphatic heterocycles. The van der Waals surface area contributed by atoms with Gasteiger partial charge in [-0.1, -0.05) is 0 Å². The van der Waals surface area contributed by atoms with Crippen LogP contribution in [-0.4, -0.2) is 28.9 Å². The van der Waals surface area contributed by atoms with Crippen LogP contribution in [0.1, 0.15) is 28.1 Å². The van der Waals surface area contributed by atoms with Gasteiger partial charge in [-0.15, -0.1) is 11.8 Å². The molecule has 0 unspecified atom stereocenters. The average molecular weight is 266 g/mol. The summed E-state index contributed by atoms with van der Waals surface area (Å²) in [7, 11) is 0. The molecule has 0 saturated heterocycles. The van der Waals surface area contributed by atoms with Crippen molar-refractivity contribution < 1.29 is 24.2 Å². The van der Waals surface area contributed by atoms with E-state index in [4.69, 9.17) is 9.47 Å². The smallest absolute Gasteiger partial charge is 0.321 e. The zero-order chi connectivity index (χ0) is 12.9. The number of thioether (sulfide) groups is 1. The van der Waals surface area contributed by atoms with Crippen molar-refractivity contribution in [2.75, 3.05) is 6.79 Å². The van der Waals surface area contributed by atoms with Crippen LogP contribution in [0.15, 0.2) is 12.1 Å². The lowest BCUT2D eigenvalue weighted by molar-refractivity contribution is -0.136. The van der Waals surface area contributed by atoms with E-state index in [0.717, 1.165) is 11.8 Å². The van der Waals surface area contributed by atoms with Gasteiger partial charge in [0, 0.05) is 5.56 Å². The summed E-state index contributed by atoms with van der Waals surface area (Å²) >= 11 is 1.15. The van der Waals surface area contributed by atoms with Crippen LogP contribution in [0, 0.1) is 0 Å². The summed E-state index contributed by atoms with van der Waals surface area (Å²) in [6, 6.07) is 3.19. The highest BCUT2D eigenvalue weighted by molar-refractivity contribution is 8.01. The molecule has 18 heavy (non-hydrogen) atoms. The second-order valence-corrected chi connectivity index (χ2v) is 5.60. The van der Waals surface area contributed by atoms with Crippen molar-refractivity contribution in [1.29, 1.82) is 0 Å². The Morgan fingerprint density at radius 1 is 1.39 bits per heavy atom. The molecule has 2 aliphatic rings. The molecule has 1 aromatic rings. The van der Waals surface area contributed by atoms with E-state index >= 15 is 0 Å². The lowest BCUT2D eigenvalue weighted by Crippen LogP contribution is -2.26. The number of aliphatic carboxylic acids is 1. The highest BCUT2D eigenvalue weighted by atomic mass is 32.2. The number of hydrogen-bond donors (Lipinski definition) is 1. The van der Waals surface area contributed by atoms with E-state index in [1.165, 1.54) is 0 Å². The molecule has 0 radical (unpaired) electrons. The minimum atomic E-state index is -0.945. The summed E-state index contributed by atoms with van der Waals surface area (Å²) in [5.41, 5.74) is 0.928. The molecule has 0 saturated carbocycles. The minimum absolute atomic E-state index is 0.0641. The second-order valence-electron chi connectivity index (χ2n) is 4.15. The number of hydrogen-bond acceptors (Lipinski definition) is 5. The Bertz CT molecular complexity index is 554. The van der Waals surface area contributed by atoms with Crippen molar-refractivity contribution in [3.05, 3.63) is 23.3 Å². The van der Waals surface area contributed by atoms with E-state index in [-0.39, 0.29) is 17.8 Å². The van der Waals surface area contributed by atoms with E-state index in [9.17, 15) is 14.7 Å². The predicted octanol–water partition coefficient (Wildman–Crippen LogP) is 1.86. The Hall–Kier alpha value is -1.69. The van der Waals surface area contributed by atoms with Gasteiger partial charge >= 0.3 is 5.97 Å². The first-order valence-corrected chi connectivity index (χ1v) is 6.38. The van der Waals surface area contributed by atoms with Gasteiger partial charge in [0.2, 0.25) is 6.79 Å². The summed E-state index contributed by atoms with van der Waals surface area (Å²) in [4.78, 5) is 23.3. The molecule has 6 heteroatoms. The summed E-state index contributed by atoms with van der Waals surface area (Å²) in [5.74, 6) is -0.00134. The van der Waals surface area contributed by atoms with Crippen LogP contribution < -0.4 is 9.47 Å². The van der Waals surface area contributed by atoms with Gasteiger partial charge in [0.15, 0.2) is 17.3 Å². The van der Waals surface area contributed by atoms with Gasteiger partial charge in [0.1, 0.15) is 5.25 Å². The van der Waals surface area contributed by atoms with Crippen LogP contribution in [0.25, 0.3) is 0 Å². The van der Waals surface area contributed by atoms with Crippen molar-refractivity contribution in [2.45, 2.75) is 17.4 Å². The Morgan fingerprint density at radius 2 is 2.06 bits per heavy atom. The molecule has 0 spiro atoms. The molecule has 0 bridgehead atoms. The first kappa shape index (κ1) is 11.4. The number of benzene rings is 1. The van der Waals surface area contributed by atoms with Crippen LogP contribution in [0.2, 0.25) is 0 Å². The first-order valence-electron chi connectivity index (χ1n) is 5.44. The third-order valence-corrected chi connectivity index (χ3v) is 4.38. The number of rotatable bonds is 1. The number of ether oxygens (including phenoxy) is 2. The summed E-state index contributed by atoms with van der Waals surface area (Å²) < 4.78 is 10.4. The molecule has 94 valence electrons. The predicted molar refractivity (Wildman–Crippen MR) is 64.3 cm³/mol. The number of Topliss-reactive ketones (excluding diaryl/α,β-unsaturated/α-hetero) is 1. The van der Waals surface area contributed by atoms with Crippen LogP contribution in [0.3, 0.4) is 0 Å². The zero-order valence-corrected chi connectivity index (χ0v) is 10.3. The molecule has 1 N–H and O–H groups in total. The van der Waals surface area contributed by atoms with Crippen LogP contribution >= 0.6 is 11.8 Å². The highest BCUT2D eigenvalue weighted by Gasteiger charge is 2.37. The van der Waals surface area contributed by atoms with E-state index in [1.54, 1.807) is 19.1 Å². The molecule has 0 fully saturated rings. The fourth-order valence-corrected chi connectivity index (χ4v) is 3.25. The van der Waals surface area contributed by atoms with E-state index < -0.39 is 11.2 Å². The monoisotopic (exact) mass is 266 g/mol. The fourth-order valence-electron chi connectivity index (χ4n) is 2.14. The maximum Gasteiger partial charge on any atom is 0.321 e. The largest absolute Gasteiger partial charge is 0.480 e. The van der Waals surface area contributed by atoms with E-state index in [0.29, 0.717) is 22.6 Å². The van der Waals surface area contributed by atoms with Gasteiger partial charge in [-0.25, -0.2) is 0 Å². The SMILES string of the molecule is C[C@@H]1S[C@@H](C(=O)O)c2cc3c(cc2C1=O)OCO3. The summed E-state index contributed by atoms with van der Waals surface area (Å²) in [6.07, 6.45) is 0. The highest BCUT2D eigenvalue weighted by Crippen LogP contribution is 2.46. The number of carbonyl (C=O) groups excluding carboxylic acids is 1. The summed E-state index contributed by atoms with van der Waals surface area (Å²) in [6.45, 7) is 1.82. The lowest BCUT2D eigenvalue weighted by atomic mass is 9.97. The number of carboxylic acid groups (broad SMARTS) is 1. The van der Waals surface area contributed by atoms with Crippen molar-refractivity contribution in [1.82, 2.24) is 0 Å².